The third-order valence-electron chi connectivity index (χ3n) is 0. The average molecular weight is 162 g/mol. The number of rotatable bonds is 0. The van der Waals surface area contributed by atoms with Gasteiger partial charge in [-0.15, -0.1) is 0 Å². The van der Waals surface area contributed by atoms with E-state index >= 15 is 0 Å². The van der Waals surface area contributed by atoms with E-state index < -0.39 is 0 Å². The van der Waals surface area contributed by atoms with Crippen LogP contribution in [0.3, 0.4) is 0 Å². The number of hydrogen-bond acceptors (Lipinski definition) is 0. The van der Waals surface area contributed by atoms with Gasteiger partial charge in [0.05, 0.1) is 0 Å². The maximum Gasteiger partial charge on any atom is 2.00 e. The first-order valence-electron chi connectivity index (χ1n) is 0. The molecule has 5 heteroatoms. The standard InChI is InChI=1S/2Fe.H2O.2O/h;;1H2;;/q2*+2;;2*-2. The molecule has 3 nitrogen and oxygen atoms in total. The van der Waals surface area contributed by atoms with Crippen LogP contribution in [0.2, 0.25) is 0 Å². The molecule has 0 bridgehead atoms. The van der Waals surface area contributed by atoms with Crippen LogP contribution in [0.5, 0.6) is 0 Å². The summed E-state index contributed by atoms with van der Waals surface area (Å²) >= 11 is 0. The van der Waals surface area contributed by atoms with Crippen molar-refractivity contribution in [2.45, 2.75) is 0 Å². The van der Waals surface area contributed by atoms with Gasteiger partial charge in [-0.1, -0.05) is 0 Å². The van der Waals surface area contributed by atoms with Gasteiger partial charge in [0.25, 0.3) is 0 Å². The molecular weight excluding hydrogens is 160 g/mol. The summed E-state index contributed by atoms with van der Waals surface area (Å²) < 4.78 is 0. The summed E-state index contributed by atoms with van der Waals surface area (Å²) in [6, 6.07) is 0. The summed E-state index contributed by atoms with van der Waals surface area (Å²) in [5.41, 5.74) is 0. The van der Waals surface area contributed by atoms with Crippen molar-refractivity contribution in [2.75, 3.05) is 0 Å². The second-order valence-corrected chi connectivity index (χ2v) is 0. The molecule has 2 N–H and O–H groups in total. The van der Waals surface area contributed by atoms with Crippen LogP contribution in [-0.4, -0.2) is 5.48 Å². The van der Waals surface area contributed by atoms with Crippen molar-refractivity contribution in [3.05, 3.63) is 0 Å². The Morgan fingerprint density at radius 1 is 0.600 bits per heavy atom. The van der Waals surface area contributed by atoms with Crippen LogP contribution in [0.25, 0.3) is 0 Å². The smallest absolute Gasteiger partial charge is 2.00 e. The number of hydrogen-bond donors (Lipinski definition) is 0. The summed E-state index contributed by atoms with van der Waals surface area (Å²) in [7, 11) is 0. The Kier molecular flexibility index (Phi) is 3030. The Bertz CT molecular complexity index is 4.85. The van der Waals surface area contributed by atoms with Crippen LogP contribution < -0.4 is 0 Å². The van der Waals surface area contributed by atoms with E-state index in [4.69, 9.17) is 0 Å². The molecule has 0 aromatic rings. The minimum atomic E-state index is 0. The normalized spacial score (nSPS) is 0. The summed E-state index contributed by atoms with van der Waals surface area (Å²) in [5, 5.41) is 0. The molecule has 0 saturated heterocycles. The van der Waals surface area contributed by atoms with Crippen molar-refractivity contribution in [1.29, 1.82) is 0 Å². The molecule has 0 fully saturated rings. The van der Waals surface area contributed by atoms with Gasteiger partial charge in [-0.05, 0) is 0 Å². The maximum atomic E-state index is 0. The van der Waals surface area contributed by atoms with E-state index in [1.807, 2.05) is 0 Å². The molecule has 0 aliphatic rings. The Morgan fingerprint density at radius 3 is 0.600 bits per heavy atom. The summed E-state index contributed by atoms with van der Waals surface area (Å²) in [5.74, 6) is 0. The zero-order valence-electron chi connectivity index (χ0n) is 2.02. The predicted molar refractivity (Wildman–Crippen MR) is 4.99 cm³/mol. The van der Waals surface area contributed by atoms with Gasteiger partial charge in [0.1, 0.15) is 0 Å². The van der Waals surface area contributed by atoms with Crippen LogP contribution in [-0.2, 0) is 45.1 Å². The van der Waals surface area contributed by atoms with Crippen molar-refractivity contribution in [1.82, 2.24) is 0 Å². The third-order valence-corrected chi connectivity index (χ3v) is 0. The van der Waals surface area contributed by atoms with Crippen LogP contribution in [0, 0.1) is 0 Å². The molecule has 0 aliphatic heterocycles. The molecule has 0 aromatic carbocycles. The molecule has 0 radical (unpaired) electrons. The Hall–Kier alpha value is 0.919. The van der Waals surface area contributed by atoms with E-state index in [0.717, 1.165) is 0 Å². The van der Waals surface area contributed by atoms with Gasteiger partial charge in [-0.3, -0.25) is 0 Å². The fourth-order valence-electron chi connectivity index (χ4n) is 0. The molecule has 0 atom stereocenters. The maximum absolute atomic E-state index is 0. The van der Waals surface area contributed by atoms with Crippen molar-refractivity contribution >= 4 is 0 Å². The molecule has 0 aliphatic carbocycles. The minimum Gasteiger partial charge on any atom is -2.00 e. The van der Waals surface area contributed by atoms with Crippen molar-refractivity contribution in [3.63, 3.8) is 0 Å². The van der Waals surface area contributed by atoms with E-state index in [-0.39, 0.29) is 50.6 Å². The fourth-order valence-corrected chi connectivity index (χ4v) is 0. The molecule has 0 rings (SSSR count). The zero-order chi connectivity index (χ0) is 0. The molecule has 0 unspecified atom stereocenters. The minimum absolute atomic E-state index is 0. The van der Waals surface area contributed by atoms with E-state index in [1.54, 1.807) is 0 Å². The second kappa shape index (κ2) is 89.5. The van der Waals surface area contributed by atoms with Crippen LogP contribution in [0.1, 0.15) is 0 Å². The van der Waals surface area contributed by atoms with Gasteiger partial charge >= 0.3 is 34.1 Å². The SMILES string of the molecule is O.[Fe+2].[Fe+2].[O-2].[O-2]. The van der Waals surface area contributed by atoms with E-state index in [1.165, 1.54) is 0 Å². The van der Waals surface area contributed by atoms with Gasteiger partial charge in [0.2, 0.25) is 0 Å². The zero-order valence-corrected chi connectivity index (χ0v) is 4.23. The van der Waals surface area contributed by atoms with Crippen molar-refractivity contribution in [3.8, 4) is 0 Å². The largest absolute Gasteiger partial charge is 2.00 e. The van der Waals surface area contributed by atoms with Crippen molar-refractivity contribution in [2.24, 2.45) is 0 Å². The monoisotopic (exact) mass is 162 g/mol. The van der Waals surface area contributed by atoms with Gasteiger partial charge in [0.15, 0.2) is 0 Å². The first kappa shape index (κ1) is 170. The van der Waals surface area contributed by atoms with Crippen LogP contribution >= 0.6 is 0 Å². The molecule has 0 aromatic heterocycles. The average Bonchev–Trinajstić information content (AvgIpc) is 0. The molecular formula is H2Fe2O3. The third kappa shape index (κ3) is 49.6. The predicted octanol–water partition coefficient (Wildman–Crippen LogP) is -1.07. The summed E-state index contributed by atoms with van der Waals surface area (Å²) in [6.45, 7) is 0. The Morgan fingerprint density at radius 2 is 0.600 bits per heavy atom. The first-order valence-corrected chi connectivity index (χ1v) is 0. The molecule has 0 saturated carbocycles. The quantitative estimate of drug-likeness (QED) is 0.405. The van der Waals surface area contributed by atoms with E-state index in [0.29, 0.717) is 0 Å². The molecule has 0 heterocycles. The molecule has 5 heavy (non-hydrogen) atoms. The van der Waals surface area contributed by atoms with Crippen LogP contribution in [0.15, 0.2) is 0 Å². The van der Waals surface area contributed by atoms with Crippen LogP contribution in [0.4, 0.5) is 0 Å². The molecule has 0 spiro atoms. The fraction of sp³-hybridized carbons (Fsp3) is 0. The van der Waals surface area contributed by atoms with Gasteiger partial charge < -0.3 is 16.4 Å². The molecule has 0 amide bonds. The Balaban J connectivity index is 0. The molecule has 36 valence electrons. The van der Waals surface area contributed by atoms with E-state index in [9.17, 15) is 0 Å². The van der Waals surface area contributed by atoms with Gasteiger partial charge in [0, 0.05) is 0 Å². The van der Waals surface area contributed by atoms with Gasteiger partial charge in [-0.2, -0.15) is 0 Å². The second-order valence-electron chi connectivity index (χ2n) is 0. The topological polar surface area (TPSA) is 88.5 Å². The summed E-state index contributed by atoms with van der Waals surface area (Å²) in [4.78, 5) is 0. The van der Waals surface area contributed by atoms with E-state index in [2.05, 4.69) is 0 Å². The summed E-state index contributed by atoms with van der Waals surface area (Å²) in [6.07, 6.45) is 0. The Labute approximate surface area is 51.0 Å². The van der Waals surface area contributed by atoms with Crippen molar-refractivity contribution < 1.29 is 50.6 Å². The first-order chi connectivity index (χ1) is 0. The van der Waals surface area contributed by atoms with Gasteiger partial charge in [-0.25, -0.2) is 0 Å².